The number of aliphatic hydroxyl groups excluding tert-OH is 2. The first-order valence-corrected chi connectivity index (χ1v) is 7.28. The summed E-state index contributed by atoms with van der Waals surface area (Å²) in [5, 5.41) is 18.8. The molecular formula is C14H24O10. The zero-order chi connectivity index (χ0) is 17.8. The minimum Gasteiger partial charge on any atom is -0.464 e. The average Bonchev–Trinajstić information content (AvgIpc) is 2.90. The Morgan fingerprint density at radius 2 is 1.62 bits per heavy atom. The lowest BCUT2D eigenvalue weighted by Gasteiger charge is -2.18. The summed E-state index contributed by atoms with van der Waals surface area (Å²) in [6.45, 7) is 0.244. The number of cyclic esters (lactones) is 1. The molecule has 0 radical (unpaired) electrons. The summed E-state index contributed by atoms with van der Waals surface area (Å²) in [6, 6.07) is 0. The molecule has 10 nitrogen and oxygen atoms in total. The second-order valence-corrected chi connectivity index (χ2v) is 4.60. The van der Waals surface area contributed by atoms with Crippen LogP contribution < -0.4 is 0 Å². The highest BCUT2D eigenvalue weighted by molar-refractivity contribution is 5.89. The summed E-state index contributed by atoms with van der Waals surface area (Å²) in [5.74, 6) is -1.12. The zero-order valence-corrected chi connectivity index (χ0v) is 13.8. The second kappa shape index (κ2) is 12.0. The topological polar surface area (TPSA) is 122 Å². The normalized spacial score (nSPS) is 18.7. The van der Waals surface area contributed by atoms with E-state index in [-0.39, 0.29) is 38.3 Å². The Morgan fingerprint density at radius 3 is 2.17 bits per heavy atom. The quantitative estimate of drug-likeness (QED) is 0.223. The fourth-order valence-electron chi connectivity index (χ4n) is 1.69. The predicted octanol–water partition coefficient (Wildman–Crippen LogP) is -1.25. The van der Waals surface area contributed by atoms with Gasteiger partial charge in [0, 0.05) is 14.2 Å². The van der Waals surface area contributed by atoms with Gasteiger partial charge in [0.1, 0.15) is 6.10 Å². The first kappa shape index (κ1) is 20.6. The van der Waals surface area contributed by atoms with Crippen LogP contribution in [0.3, 0.4) is 0 Å². The van der Waals surface area contributed by atoms with E-state index in [2.05, 4.69) is 0 Å². The lowest BCUT2D eigenvalue weighted by Crippen LogP contribution is -2.32. The van der Waals surface area contributed by atoms with Crippen LogP contribution in [0.5, 0.6) is 0 Å². The number of aliphatic hydroxyl groups is 2. The van der Waals surface area contributed by atoms with Gasteiger partial charge in [-0.1, -0.05) is 0 Å². The molecule has 1 aliphatic rings. The van der Waals surface area contributed by atoms with Gasteiger partial charge >= 0.3 is 5.97 Å². The van der Waals surface area contributed by atoms with Crippen LogP contribution in [-0.2, 0) is 38.0 Å². The number of esters is 1. The Hall–Kier alpha value is -1.43. The van der Waals surface area contributed by atoms with Gasteiger partial charge in [-0.15, -0.1) is 0 Å². The molecule has 0 saturated carbocycles. The molecule has 0 spiro atoms. The molecule has 0 fully saturated rings. The fraction of sp³-hybridized carbons (Fsp3) is 0.786. The van der Waals surface area contributed by atoms with Gasteiger partial charge in [-0.05, 0) is 0 Å². The number of carbonyl (C=O) groups excluding carboxylic acids is 1. The summed E-state index contributed by atoms with van der Waals surface area (Å²) in [4.78, 5) is 11.9. The molecule has 10 heteroatoms. The van der Waals surface area contributed by atoms with Gasteiger partial charge in [0.15, 0.2) is 25.4 Å². The second-order valence-electron chi connectivity index (χ2n) is 4.60. The van der Waals surface area contributed by atoms with Crippen LogP contribution in [-0.4, -0.2) is 89.2 Å². The van der Waals surface area contributed by atoms with Gasteiger partial charge in [-0.3, -0.25) is 0 Å². The fourth-order valence-corrected chi connectivity index (χ4v) is 1.69. The maximum absolute atomic E-state index is 11.9. The van der Waals surface area contributed by atoms with E-state index in [0.717, 1.165) is 0 Å². The van der Waals surface area contributed by atoms with Crippen molar-refractivity contribution >= 4 is 5.97 Å². The third kappa shape index (κ3) is 6.59. The number of rotatable bonds is 14. The number of hydrogen-bond donors (Lipinski definition) is 2. The highest BCUT2D eigenvalue weighted by Crippen LogP contribution is 2.27. The Balaban J connectivity index is 2.63. The molecule has 1 aliphatic heterocycles. The van der Waals surface area contributed by atoms with E-state index in [4.69, 9.17) is 38.3 Å². The van der Waals surface area contributed by atoms with E-state index in [0.29, 0.717) is 13.2 Å². The summed E-state index contributed by atoms with van der Waals surface area (Å²) in [5.41, 5.74) is 0. The lowest BCUT2D eigenvalue weighted by molar-refractivity contribution is -0.151. The molecule has 0 bridgehead atoms. The zero-order valence-electron chi connectivity index (χ0n) is 13.8. The Labute approximate surface area is 139 Å². The van der Waals surface area contributed by atoms with Crippen molar-refractivity contribution < 1.29 is 48.2 Å². The van der Waals surface area contributed by atoms with Gasteiger partial charge in [-0.2, -0.15) is 0 Å². The molecule has 0 aliphatic carbocycles. The maximum Gasteiger partial charge on any atom is 0.378 e. The summed E-state index contributed by atoms with van der Waals surface area (Å²) >= 11 is 0. The number of methoxy groups -OCH3 is 2. The van der Waals surface area contributed by atoms with Crippen molar-refractivity contribution in [3.8, 4) is 0 Å². The lowest BCUT2D eigenvalue weighted by atomic mass is 10.2. The van der Waals surface area contributed by atoms with Crippen molar-refractivity contribution in [3.63, 3.8) is 0 Å². The Kier molecular flexibility index (Phi) is 10.3. The molecule has 0 unspecified atom stereocenters. The largest absolute Gasteiger partial charge is 0.464 e. The molecule has 0 aromatic carbocycles. The Bertz CT molecular complexity index is 397. The molecule has 1 rings (SSSR count). The van der Waals surface area contributed by atoms with Crippen LogP contribution in [0.25, 0.3) is 0 Å². The SMILES string of the molecule is COCCOCOC1=C(OCOCCOC)[C@@H]([C@@H](O)CO)OC1=O. The smallest absolute Gasteiger partial charge is 0.378 e. The minimum absolute atomic E-state index is 0.0608. The van der Waals surface area contributed by atoms with Crippen LogP contribution in [0.4, 0.5) is 0 Å². The third-order valence-electron chi connectivity index (χ3n) is 2.89. The predicted molar refractivity (Wildman–Crippen MR) is 77.6 cm³/mol. The standard InChI is InChI=1S/C14H24O10/c1-18-3-5-20-8-22-12-11(10(16)7-15)24-14(17)13(12)23-9-21-6-4-19-2/h10-11,15-16H,3-9H2,1-2H3/t10-,11+/m0/s1. The van der Waals surface area contributed by atoms with Crippen LogP contribution in [0.15, 0.2) is 11.5 Å². The molecule has 0 saturated heterocycles. The van der Waals surface area contributed by atoms with Crippen LogP contribution in [0.1, 0.15) is 0 Å². The molecule has 140 valence electrons. The molecule has 0 amide bonds. The number of carbonyl (C=O) groups is 1. The van der Waals surface area contributed by atoms with Gasteiger partial charge < -0.3 is 43.4 Å². The van der Waals surface area contributed by atoms with Gasteiger partial charge in [0.25, 0.3) is 0 Å². The third-order valence-corrected chi connectivity index (χ3v) is 2.89. The van der Waals surface area contributed by atoms with Gasteiger partial charge in [-0.25, -0.2) is 4.79 Å². The van der Waals surface area contributed by atoms with Crippen molar-refractivity contribution in [2.75, 3.05) is 60.8 Å². The average molecular weight is 352 g/mol. The van der Waals surface area contributed by atoms with E-state index >= 15 is 0 Å². The van der Waals surface area contributed by atoms with Crippen LogP contribution in [0, 0.1) is 0 Å². The van der Waals surface area contributed by atoms with E-state index in [1.54, 1.807) is 0 Å². The van der Waals surface area contributed by atoms with Crippen molar-refractivity contribution in [2.45, 2.75) is 12.2 Å². The highest BCUT2D eigenvalue weighted by Gasteiger charge is 2.42. The summed E-state index contributed by atoms with van der Waals surface area (Å²) in [7, 11) is 3.05. The number of hydrogen-bond acceptors (Lipinski definition) is 10. The number of ether oxygens (including phenoxy) is 7. The Morgan fingerprint density at radius 1 is 1.04 bits per heavy atom. The molecule has 0 aromatic heterocycles. The first-order valence-electron chi connectivity index (χ1n) is 7.28. The molecule has 2 atom stereocenters. The molecule has 0 aromatic rings. The molecule has 24 heavy (non-hydrogen) atoms. The van der Waals surface area contributed by atoms with Crippen LogP contribution in [0.2, 0.25) is 0 Å². The van der Waals surface area contributed by atoms with E-state index < -0.39 is 24.8 Å². The van der Waals surface area contributed by atoms with E-state index in [1.807, 2.05) is 0 Å². The highest BCUT2D eigenvalue weighted by atomic mass is 16.7. The van der Waals surface area contributed by atoms with Gasteiger partial charge in [0.2, 0.25) is 5.76 Å². The van der Waals surface area contributed by atoms with Crippen molar-refractivity contribution in [3.05, 3.63) is 11.5 Å². The summed E-state index contributed by atoms with van der Waals surface area (Å²) < 4.78 is 35.4. The van der Waals surface area contributed by atoms with E-state index in [9.17, 15) is 9.90 Å². The van der Waals surface area contributed by atoms with Crippen LogP contribution >= 0.6 is 0 Å². The molecular weight excluding hydrogens is 328 g/mol. The minimum atomic E-state index is -1.35. The monoisotopic (exact) mass is 352 g/mol. The van der Waals surface area contributed by atoms with Crippen molar-refractivity contribution in [2.24, 2.45) is 0 Å². The first-order chi connectivity index (χ1) is 11.7. The van der Waals surface area contributed by atoms with Crippen molar-refractivity contribution in [1.29, 1.82) is 0 Å². The van der Waals surface area contributed by atoms with Crippen molar-refractivity contribution in [1.82, 2.24) is 0 Å². The maximum atomic E-state index is 11.9. The van der Waals surface area contributed by atoms with Gasteiger partial charge in [0.05, 0.1) is 33.0 Å². The molecule has 2 N–H and O–H groups in total. The molecule has 1 heterocycles. The van der Waals surface area contributed by atoms with E-state index in [1.165, 1.54) is 14.2 Å². The summed E-state index contributed by atoms with van der Waals surface area (Å²) in [6.07, 6.45) is -2.53.